The Kier molecular flexibility index (Phi) is 4.87. The van der Waals surface area contributed by atoms with Crippen LogP contribution in [-0.2, 0) is 0 Å². The summed E-state index contributed by atoms with van der Waals surface area (Å²) in [7, 11) is 0. The molecule has 0 aliphatic carbocycles. The highest BCUT2D eigenvalue weighted by atomic mass is 35.5. The van der Waals surface area contributed by atoms with Crippen molar-refractivity contribution < 1.29 is 5.11 Å². The van der Waals surface area contributed by atoms with Crippen molar-refractivity contribution in [3.05, 3.63) is 52.5 Å². The second-order valence-electron chi connectivity index (χ2n) is 5.98. The zero-order chi connectivity index (χ0) is 16.2. The maximum Gasteiger partial charge on any atom is 0.142 e. The van der Waals surface area contributed by atoms with Gasteiger partial charge in [0.1, 0.15) is 5.75 Å². The van der Waals surface area contributed by atoms with Crippen LogP contribution in [0.3, 0.4) is 0 Å². The van der Waals surface area contributed by atoms with E-state index in [0.29, 0.717) is 10.6 Å². The molecular formula is C19H21ClN2O. The van der Waals surface area contributed by atoms with E-state index in [0.717, 1.165) is 30.0 Å². The quantitative estimate of drug-likeness (QED) is 0.796. The lowest BCUT2D eigenvalue weighted by atomic mass is 10.1. The fraction of sp³-hybridized carbons (Fsp3) is 0.316. The van der Waals surface area contributed by atoms with Crippen molar-refractivity contribution in [2.45, 2.75) is 26.2 Å². The summed E-state index contributed by atoms with van der Waals surface area (Å²) in [5.41, 5.74) is 3.72. The minimum Gasteiger partial charge on any atom is -0.506 e. The molecule has 0 amide bonds. The Hall–Kier alpha value is -2.00. The number of aryl methyl sites for hydroxylation is 1. The van der Waals surface area contributed by atoms with Gasteiger partial charge in [-0.3, -0.25) is 4.99 Å². The van der Waals surface area contributed by atoms with Gasteiger partial charge in [0, 0.05) is 24.9 Å². The first-order chi connectivity index (χ1) is 11.1. The molecule has 0 unspecified atom stereocenters. The molecule has 4 heteroatoms. The lowest BCUT2D eigenvalue weighted by Gasteiger charge is -2.29. The largest absolute Gasteiger partial charge is 0.506 e. The van der Waals surface area contributed by atoms with E-state index in [4.69, 9.17) is 11.6 Å². The second kappa shape index (κ2) is 7.05. The lowest BCUT2D eigenvalue weighted by molar-refractivity contribution is 0.474. The molecule has 3 nitrogen and oxygen atoms in total. The van der Waals surface area contributed by atoms with E-state index in [-0.39, 0.29) is 5.75 Å². The van der Waals surface area contributed by atoms with Crippen molar-refractivity contribution >= 4 is 29.2 Å². The molecule has 1 saturated heterocycles. The monoisotopic (exact) mass is 328 g/mol. The third kappa shape index (κ3) is 3.67. The molecule has 0 saturated carbocycles. The van der Waals surface area contributed by atoms with Gasteiger partial charge in [-0.2, -0.15) is 0 Å². The second-order valence-corrected chi connectivity index (χ2v) is 6.39. The summed E-state index contributed by atoms with van der Waals surface area (Å²) >= 11 is 6.03. The van der Waals surface area contributed by atoms with E-state index in [1.807, 2.05) is 31.2 Å². The molecule has 3 rings (SSSR count). The number of piperidine rings is 1. The van der Waals surface area contributed by atoms with E-state index >= 15 is 0 Å². The van der Waals surface area contributed by atoms with Gasteiger partial charge in [-0.25, -0.2) is 0 Å². The minimum atomic E-state index is 0.0801. The number of para-hydroxylation sites is 2. The average molecular weight is 329 g/mol. The summed E-state index contributed by atoms with van der Waals surface area (Å²) in [5, 5.41) is 10.4. The van der Waals surface area contributed by atoms with Crippen molar-refractivity contribution in [3.63, 3.8) is 0 Å². The van der Waals surface area contributed by atoms with Crippen molar-refractivity contribution in [1.82, 2.24) is 0 Å². The summed E-state index contributed by atoms with van der Waals surface area (Å²) in [6.07, 6.45) is 5.45. The van der Waals surface area contributed by atoms with Crippen LogP contribution < -0.4 is 4.90 Å². The van der Waals surface area contributed by atoms with E-state index in [9.17, 15) is 5.11 Å². The van der Waals surface area contributed by atoms with Gasteiger partial charge in [-0.1, -0.05) is 23.7 Å². The Morgan fingerprint density at radius 2 is 1.87 bits per heavy atom. The fourth-order valence-electron chi connectivity index (χ4n) is 2.97. The Morgan fingerprint density at radius 3 is 2.65 bits per heavy atom. The van der Waals surface area contributed by atoms with Gasteiger partial charge < -0.3 is 10.0 Å². The van der Waals surface area contributed by atoms with E-state index in [1.165, 1.54) is 19.3 Å². The molecule has 0 bridgehead atoms. The summed E-state index contributed by atoms with van der Waals surface area (Å²) in [6.45, 7) is 4.10. The van der Waals surface area contributed by atoms with Crippen LogP contribution >= 0.6 is 11.6 Å². The molecule has 2 aromatic rings. The first kappa shape index (κ1) is 15.9. The smallest absolute Gasteiger partial charge is 0.142 e. The molecule has 0 radical (unpaired) electrons. The summed E-state index contributed by atoms with van der Waals surface area (Å²) in [5.74, 6) is 0.0801. The number of benzene rings is 2. The van der Waals surface area contributed by atoms with Crippen LogP contribution in [0.4, 0.5) is 11.4 Å². The Balaban J connectivity index is 1.91. The van der Waals surface area contributed by atoms with Gasteiger partial charge in [0.2, 0.25) is 0 Å². The SMILES string of the molecule is Cc1cc(Cl)c(O)c(C=Nc2ccccc2N2CCCCC2)c1. The maximum absolute atomic E-state index is 10.1. The molecule has 1 aliphatic heterocycles. The van der Waals surface area contributed by atoms with Crippen molar-refractivity contribution in [3.8, 4) is 5.75 Å². The average Bonchev–Trinajstić information content (AvgIpc) is 2.58. The molecule has 120 valence electrons. The zero-order valence-corrected chi connectivity index (χ0v) is 14.1. The molecular weight excluding hydrogens is 308 g/mol. The number of aromatic hydroxyl groups is 1. The van der Waals surface area contributed by atoms with Gasteiger partial charge >= 0.3 is 0 Å². The number of hydrogen-bond donors (Lipinski definition) is 1. The first-order valence-electron chi connectivity index (χ1n) is 8.02. The highest BCUT2D eigenvalue weighted by Crippen LogP contribution is 2.32. The lowest BCUT2D eigenvalue weighted by Crippen LogP contribution is -2.29. The first-order valence-corrected chi connectivity index (χ1v) is 8.40. The van der Waals surface area contributed by atoms with Gasteiger partial charge in [-0.15, -0.1) is 0 Å². The molecule has 0 atom stereocenters. The number of anilines is 1. The third-order valence-corrected chi connectivity index (χ3v) is 4.45. The number of halogens is 1. The summed E-state index contributed by atoms with van der Waals surface area (Å²) in [6, 6.07) is 11.8. The van der Waals surface area contributed by atoms with Crippen molar-refractivity contribution in [2.75, 3.05) is 18.0 Å². The number of rotatable bonds is 3. The molecule has 1 fully saturated rings. The summed E-state index contributed by atoms with van der Waals surface area (Å²) < 4.78 is 0. The number of phenols is 1. The molecule has 1 aliphatic rings. The molecule has 0 spiro atoms. The highest BCUT2D eigenvalue weighted by molar-refractivity contribution is 6.32. The van der Waals surface area contributed by atoms with Crippen molar-refractivity contribution in [2.24, 2.45) is 4.99 Å². The topological polar surface area (TPSA) is 35.8 Å². The highest BCUT2D eigenvalue weighted by Gasteiger charge is 2.13. The Morgan fingerprint density at radius 1 is 1.13 bits per heavy atom. The Labute approximate surface area is 142 Å². The van der Waals surface area contributed by atoms with Crippen molar-refractivity contribution in [1.29, 1.82) is 0 Å². The normalized spacial score (nSPS) is 15.3. The van der Waals surface area contributed by atoms with Gasteiger partial charge in [0.05, 0.1) is 16.4 Å². The van der Waals surface area contributed by atoms with Crippen LogP contribution in [0.15, 0.2) is 41.4 Å². The number of nitrogens with zero attached hydrogens (tertiary/aromatic N) is 2. The number of aliphatic imine (C=N–C) groups is 1. The zero-order valence-electron chi connectivity index (χ0n) is 13.3. The number of phenolic OH excluding ortho intramolecular Hbond substituents is 1. The Bertz CT molecular complexity index is 721. The van der Waals surface area contributed by atoms with E-state index in [1.54, 1.807) is 12.3 Å². The standard InChI is InChI=1S/C19H21ClN2O/c1-14-11-15(19(23)16(20)12-14)13-21-17-7-3-4-8-18(17)22-9-5-2-6-10-22/h3-4,7-8,11-13,23H,2,5-6,9-10H2,1H3. The molecule has 1 heterocycles. The van der Waals surface area contributed by atoms with Crippen LogP contribution in [0.1, 0.15) is 30.4 Å². The van der Waals surface area contributed by atoms with E-state index < -0.39 is 0 Å². The summed E-state index contributed by atoms with van der Waals surface area (Å²) in [4.78, 5) is 7.00. The minimum absolute atomic E-state index is 0.0801. The predicted molar refractivity (Wildman–Crippen MR) is 97.6 cm³/mol. The molecule has 23 heavy (non-hydrogen) atoms. The van der Waals surface area contributed by atoms with E-state index in [2.05, 4.69) is 16.0 Å². The maximum atomic E-state index is 10.1. The predicted octanol–water partition coefficient (Wildman–Crippen LogP) is 5.09. The van der Waals surface area contributed by atoms with Crippen LogP contribution in [-0.4, -0.2) is 24.4 Å². The van der Waals surface area contributed by atoms with Crippen LogP contribution in [0, 0.1) is 6.92 Å². The van der Waals surface area contributed by atoms with Gasteiger partial charge in [0.25, 0.3) is 0 Å². The van der Waals surface area contributed by atoms with Crippen LogP contribution in [0.5, 0.6) is 5.75 Å². The van der Waals surface area contributed by atoms with Gasteiger partial charge in [-0.05, 0) is 56.0 Å². The third-order valence-electron chi connectivity index (χ3n) is 4.16. The molecule has 1 N–H and O–H groups in total. The van der Waals surface area contributed by atoms with Crippen LogP contribution in [0.25, 0.3) is 0 Å². The number of hydrogen-bond acceptors (Lipinski definition) is 3. The van der Waals surface area contributed by atoms with Gasteiger partial charge in [0.15, 0.2) is 0 Å². The molecule has 0 aromatic heterocycles. The molecule has 2 aromatic carbocycles. The van der Waals surface area contributed by atoms with Crippen LogP contribution in [0.2, 0.25) is 5.02 Å². The fourth-order valence-corrected chi connectivity index (χ4v) is 3.26.